The van der Waals surface area contributed by atoms with E-state index >= 15 is 0 Å². The Labute approximate surface area is 103 Å². The quantitative estimate of drug-likeness (QED) is 0.784. The van der Waals surface area contributed by atoms with Crippen molar-refractivity contribution in [1.82, 2.24) is 20.4 Å². The van der Waals surface area contributed by atoms with E-state index < -0.39 is 0 Å². The molecule has 1 amide bonds. The van der Waals surface area contributed by atoms with Gasteiger partial charge in [0.05, 0.1) is 12.2 Å². The predicted octanol–water partition coefficient (Wildman–Crippen LogP) is 0.467. The second kappa shape index (κ2) is 5.82. The predicted molar refractivity (Wildman–Crippen MR) is 67.7 cm³/mol. The second-order valence-electron chi connectivity index (χ2n) is 5.18. The van der Waals surface area contributed by atoms with Gasteiger partial charge in [0.2, 0.25) is 5.91 Å². The molecule has 2 N–H and O–H groups in total. The summed E-state index contributed by atoms with van der Waals surface area (Å²) in [5.41, 5.74) is 0.967. The molecule has 0 aromatic carbocycles. The molecule has 0 unspecified atom stereocenters. The van der Waals surface area contributed by atoms with Crippen LogP contribution in [0.5, 0.6) is 0 Å². The Hall–Kier alpha value is -1.36. The Bertz CT molecular complexity index is 365. The average Bonchev–Trinajstić information content (AvgIpc) is 2.60. The molecule has 0 atom stereocenters. The summed E-state index contributed by atoms with van der Waals surface area (Å²) in [6.45, 7) is 7.09. The number of nitrogens with zero attached hydrogens (tertiary/aromatic N) is 2. The Kier molecular flexibility index (Phi) is 4.69. The van der Waals surface area contributed by atoms with Crippen LogP contribution in [0.4, 0.5) is 0 Å². The fourth-order valence-corrected chi connectivity index (χ4v) is 1.33. The first kappa shape index (κ1) is 13.7. The topological polar surface area (TPSA) is 59.0 Å². The maximum absolute atomic E-state index is 11.5. The van der Waals surface area contributed by atoms with Gasteiger partial charge in [-0.25, -0.2) is 0 Å². The van der Waals surface area contributed by atoms with Crippen molar-refractivity contribution in [2.24, 2.45) is 7.05 Å². The van der Waals surface area contributed by atoms with Crippen LogP contribution in [-0.2, 0) is 18.3 Å². The molecule has 96 valence electrons. The molecule has 0 fully saturated rings. The summed E-state index contributed by atoms with van der Waals surface area (Å²) in [6.07, 6.45) is 2.67. The lowest BCUT2D eigenvalue weighted by Gasteiger charge is -2.19. The highest BCUT2D eigenvalue weighted by atomic mass is 16.1. The molecule has 0 saturated carbocycles. The number of aromatic nitrogens is 2. The summed E-state index contributed by atoms with van der Waals surface area (Å²) in [7, 11) is 1.88. The minimum atomic E-state index is -0.0294. The van der Waals surface area contributed by atoms with Gasteiger partial charge in [0.1, 0.15) is 0 Å². The van der Waals surface area contributed by atoms with E-state index in [9.17, 15) is 4.79 Å². The summed E-state index contributed by atoms with van der Waals surface area (Å²) < 4.78 is 1.76. The molecule has 0 radical (unpaired) electrons. The minimum absolute atomic E-state index is 0.0239. The summed E-state index contributed by atoms with van der Waals surface area (Å²) in [4.78, 5) is 11.5. The molecule has 5 heteroatoms. The number of carbonyl (C=O) groups is 1. The van der Waals surface area contributed by atoms with E-state index in [4.69, 9.17) is 0 Å². The Morgan fingerprint density at radius 3 is 2.71 bits per heavy atom. The zero-order valence-electron chi connectivity index (χ0n) is 11.1. The highest BCUT2D eigenvalue weighted by molar-refractivity contribution is 5.78. The number of hydrogen-bond donors (Lipinski definition) is 2. The van der Waals surface area contributed by atoms with Gasteiger partial charge in [0.15, 0.2) is 0 Å². The molecule has 0 bridgehead atoms. The number of aryl methyl sites for hydroxylation is 1. The molecule has 0 aliphatic heterocycles. The average molecular weight is 238 g/mol. The van der Waals surface area contributed by atoms with Crippen LogP contribution in [0, 0.1) is 0 Å². The summed E-state index contributed by atoms with van der Waals surface area (Å²) in [5, 5.41) is 10.2. The summed E-state index contributed by atoms with van der Waals surface area (Å²) in [5.74, 6) is 0.0239. The first-order valence-corrected chi connectivity index (χ1v) is 5.87. The Morgan fingerprint density at radius 1 is 1.47 bits per heavy atom. The van der Waals surface area contributed by atoms with Crippen LogP contribution in [0.3, 0.4) is 0 Å². The Balaban J connectivity index is 2.16. The van der Waals surface area contributed by atoms with Gasteiger partial charge in [-0.1, -0.05) is 0 Å². The highest BCUT2D eigenvalue weighted by Gasteiger charge is 2.10. The van der Waals surface area contributed by atoms with Gasteiger partial charge in [0, 0.05) is 31.7 Å². The monoisotopic (exact) mass is 238 g/mol. The number of rotatable bonds is 5. The first-order valence-electron chi connectivity index (χ1n) is 5.87. The van der Waals surface area contributed by atoms with Crippen LogP contribution >= 0.6 is 0 Å². The van der Waals surface area contributed by atoms with E-state index in [-0.39, 0.29) is 11.4 Å². The van der Waals surface area contributed by atoms with Crippen LogP contribution in [0.25, 0.3) is 0 Å². The summed E-state index contributed by atoms with van der Waals surface area (Å²) in [6, 6.07) is 1.96. The fraction of sp³-hybridized carbons (Fsp3) is 0.667. The van der Waals surface area contributed by atoms with E-state index in [2.05, 4.69) is 15.7 Å². The van der Waals surface area contributed by atoms with E-state index in [0.717, 1.165) is 12.1 Å². The third-order valence-corrected chi connectivity index (χ3v) is 2.25. The standard InChI is InChI=1S/C12H22N4O/c1-12(2,3)14-9-11(17)13-7-5-10-6-8-16(4)15-10/h6,8,14H,5,7,9H2,1-4H3,(H,13,17). The SMILES string of the molecule is Cn1ccc(CCNC(=O)CNC(C)(C)C)n1. The molecule has 1 heterocycles. The zero-order chi connectivity index (χ0) is 12.9. The van der Waals surface area contributed by atoms with Gasteiger partial charge in [-0.2, -0.15) is 5.10 Å². The molecule has 0 aliphatic carbocycles. The molecule has 5 nitrogen and oxygen atoms in total. The van der Waals surface area contributed by atoms with E-state index in [1.807, 2.05) is 40.1 Å². The molecule has 1 aromatic rings. The summed E-state index contributed by atoms with van der Waals surface area (Å²) >= 11 is 0. The fourth-order valence-electron chi connectivity index (χ4n) is 1.33. The lowest BCUT2D eigenvalue weighted by atomic mass is 10.1. The number of hydrogen-bond acceptors (Lipinski definition) is 3. The van der Waals surface area contributed by atoms with Crippen molar-refractivity contribution >= 4 is 5.91 Å². The lowest BCUT2D eigenvalue weighted by Crippen LogP contribution is -2.43. The molecular weight excluding hydrogens is 216 g/mol. The maximum Gasteiger partial charge on any atom is 0.233 e. The van der Waals surface area contributed by atoms with Gasteiger partial charge in [-0.3, -0.25) is 9.48 Å². The maximum atomic E-state index is 11.5. The van der Waals surface area contributed by atoms with E-state index in [1.165, 1.54) is 0 Å². The molecule has 0 saturated heterocycles. The minimum Gasteiger partial charge on any atom is -0.355 e. The molecular formula is C12H22N4O. The Morgan fingerprint density at radius 2 is 2.18 bits per heavy atom. The van der Waals surface area contributed by atoms with Crippen molar-refractivity contribution in [3.8, 4) is 0 Å². The van der Waals surface area contributed by atoms with Gasteiger partial charge >= 0.3 is 0 Å². The van der Waals surface area contributed by atoms with Crippen molar-refractivity contribution in [3.63, 3.8) is 0 Å². The molecule has 17 heavy (non-hydrogen) atoms. The smallest absolute Gasteiger partial charge is 0.233 e. The molecule has 1 aromatic heterocycles. The molecule has 1 rings (SSSR count). The zero-order valence-corrected chi connectivity index (χ0v) is 11.1. The van der Waals surface area contributed by atoms with Crippen LogP contribution in [0.1, 0.15) is 26.5 Å². The highest BCUT2D eigenvalue weighted by Crippen LogP contribution is 1.97. The van der Waals surface area contributed by atoms with Gasteiger partial charge < -0.3 is 10.6 Å². The molecule has 0 aliphatic rings. The number of carbonyl (C=O) groups excluding carboxylic acids is 1. The van der Waals surface area contributed by atoms with Gasteiger partial charge in [-0.15, -0.1) is 0 Å². The normalized spacial score (nSPS) is 11.5. The number of amides is 1. The van der Waals surface area contributed by atoms with Crippen LogP contribution < -0.4 is 10.6 Å². The third-order valence-electron chi connectivity index (χ3n) is 2.25. The van der Waals surface area contributed by atoms with Crippen LogP contribution in [0.15, 0.2) is 12.3 Å². The lowest BCUT2D eigenvalue weighted by molar-refractivity contribution is -0.120. The van der Waals surface area contributed by atoms with Crippen molar-refractivity contribution in [3.05, 3.63) is 18.0 Å². The molecule has 0 spiro atoms. The van der Waals surface area contributed by atoms with Crippen molar-refractivity contribution in [1.29, 1.82) is 0 Å². The first-order chi connectivity index (χ1) is 7.87. The third kappa shape index (κ3) is 6.06. The van der Waals surface area contributed by atoms with Gasteiger partial charge in [-0.05, 0) is 26.8 Å². The van der Waals surface area contributed by atoms with Crippen LogP contribution in [-0.4, -0.2) is 34.3 Å². The van der Waals surface area contributed by atoms with Gasteiger partial charge in [0.25, 0.3) is 0 Å². The van der Waals surface area contributed by atoms with Crippen molar-refractivity contribution in [2.45, 2.75) is 32.7 Å². The van der Waals surface area contributed by atoms with Crippen molar-refractivity contribution < 1.29 is 4.79 Å². The largest absolute Gasteiger partial charge is 0.355 e. The van der Waals surface area contributed by atoms with E-state index in [1.54, 1.807) is 4.68 Å². The second-order valence-corrected chi connectivity index (χ2v) is 5.18. The van der Waals surface area contributed by atoms with Crippen LogP contribution in [0.2, 0.25) is 0 Å². The van der Waals surface area contributed by atoms with Crippen molar-refractivity contribution in [2.75, 3.05) is 13.1 Å². The van der Waals surface area contributed by atoms with E-state index in [0.29, 0.717) is 13.1 Å². The number of nitrogens with one attached hydrogen (secondary N) is 2.